The van der Waals surface area contributed by atoms with Crippen LogP contribution in [0.2, 0.25) is 0 Å². The maximum atomic E-state index is 12.0. The highest BCUT2D eigenvalue weighted by Crippen LogP contribution is 2.13. The lowest BCUT2D eigenvalue weighted by atomic mass is 10.1. The van der Waals surface area contributed by atoms with E-state index in [1.54, 1.807) is 12.6 Å². The second-order valence-corrected chi connectivity index (χ2v) is 6.49. The number of guanidine groups is 1. The number of halogens is 1. The molecule has 25 heavy (non-hydrogen) atoms. The fourth-order valence-electron chi connectivity index (χ4n) is 2.75. The van der Waals surface area contributed by atoms with Crippen molar-refractivity contribution in [3.8, 4) is 0 Å². The molecule has 1 aromatic rings. The molecule has 1 aromatic heterocycles. The first-order valence-corrected chi connectivity index (χ1v) is 9.29. The normalized spacial score (nSPS) is 15.6. The highest BCUT2D eigenvalue weighted by atomic mass is 127. The van der Waals surface area contributed by atoms with Crippen LogP contribution in [-0.4, -0.2) is 67.7 Å². The Bertz CT molecular complexity index is 558. The molecule has 0 unspecified atom stereocenters. The molecule has 1 aliphatic rings. The number of carbonyl (C=O) groups is 1. The molecule has 0 saturated carbocycles. The lowest BCUT2D eigenvalue weighted by Crippen LogP contribution is -2.48. The zero-order chi connectivity index (χ0) is 17.4. The standard InChI is InChI=1S/C16H27N5O2S.HI/c1-4-23-13-5-9-21(10-6-13)16(17-3)19-8-7-18-15(22)14-12(2)20-11-24-14;/h11,13H,4-10H2,1-3H3,(H,17,19)(H,18,22);1H. The minimum absolute atomic E-state index is 0. The van der Waals surface area contributed by atoms with E-state index in [9.17, 15) is 4.79 Å². The summed E-state index contributed by atoms with van der Waals surface area (Å²) in [4.78, 5) is 23.4. The second-order valence-electron chi connectivity index (χ2n) is 5.64. The van der Waals surface area contributed by atoms with E-state index in [1.807, 2.05) is 13.8 Å². The van der Waals surface area contributed by atoms with Gasteiger partial charge in [0.15, 0.2) is 5.96 Å². The van der Waals surface area contributed by atoms with Crippen LogP contribution in [0.15, 0.2) is 10.5 Å². The van der Waals surface area contributed by atoms with E-state index in [-0.39, 0.29) is 29.9 Å². The van der Waals surface area contributed by atoms with Crippen molar-refractivity contribution in [1.29, 1.82) is 0 Å². The Morgan fingerprint density at radius 2 is 2.08 bits per heavy atom. The summed E-state index contributed by atoms with van der Waals surface area (Å²) >= 11 is 1.37. The Morgan fingerprint density at radius 1 is 1.40 bits per heavy atom. The lowest BCUT2D eigenvalue weighted by molar-refractivity contribution is 0.0264. The van der Waals surface area contributed by atoms with E-state index in [0.717, 1.165) is 44.2 Å². The number of rotatable bonds is 6. The van der Waals surface area contributed by atoms with Gasteiger partial charge in [-0.25, -0.2) is 4.98 Å². The monoisotopic (exact) mass is 481 g/mol. The van der Waals surface area contributed by atoms with Crippen molar-refractivity contribution in [2.24, 2.45) is 4.99 Å². The zero-order valence-electron chi connectivity index (χ0n) is 15.1. The van der Waals surface area contributed by atoms with Crippen molar-refractivity contribution in [1.82, 2.24) is 20.5 Å². The predicted molar refractivity (Wildman–Crippen MR) is 112 cm³/mol. The molecule has 0 bridgehead atoms. The minimum atomic E-state index is -0.0654. The van der Waals surface area contributed by atoms with Crippen LogP contribution in [0.5, 0.6) is 0 Å². The molecule has 1 saturated heterocycles. The molecule has 9 heteroatoms. The maximum Gasteiger partial charge on any atom is 0.263 e. The fraction of sp³-hybridized carbons (Fsp3) is 0.688. The van der Waals surface area contributed by atoms with Crippen molar-refractivity contribution in [3.63, 3.8) is 0 Å². The average molecular weight is 481 g/mol. The Balaban J connectivity index is 0.00000312. The quantitative estimate of drug-likeness (QED) is 0.281. The molecule has 0 aliphatic carbocycles. The van der Waals surface area contributed by atoms with Gasteiger partial charge in [0.05, 0.1) is 17.3 Å². The molecule has 2 heterocycles. The zero-order valence-corrected chi connectivity index (χ0v) is 18.2. The first-order chi connectivity index (χ1) is 11.7. The summed E-state index contributed by atoms with van der Waals surface area (Å²) in [5.41, 5.74) is 2.47. The Labute approximate surface area is 170 Å². The third-order valence-corrected chi connectivity index (χ3v) is 4.93. The first-order valence-electron chi connectivity index (χ1n) is 8.41. The highest BCUT2D eigenvalue weighted by molar-refractivity contribution is 14.0. The van der Waals surface area contributed by atoms with Crippen molar-refractivity contribution >= 4 is 47.2 Å². The minimum Gasteiger partial charge on any atom is -0.378 e. The maximum absolute atomic E-state index is 12.0. The van der Waals surface area contributed by atoms with Crippen LogP contribution in [0, 0.1) is 6.92 Å². The molecule has 2 N–H and O–H groups in total. The van der Waals surface area contributed by atoms with Crippen LogP contribution < -0.4 is 10.6 Å². The van der Waals surface area contributed by atoms with Crippen LogP contribution >= 0.6 is 35.3 Å². The summed E-state index contributed by atoms with van der Waals surface area (Å²) in [5.74, 6) is 0.817. The predicted octanol–water partition coefficient (Wildman–Crippen LogP) is 1.88. The van der Waals surface area contributed by atoms with E-state index < -0.39 is 0 Å². The number of aromatic nitrogens is 1. The molecule has 1 fully saturated rings. The number of piperidine rings is 1. The molecule has 0 atom stereocenters. The molecule has 0 aromatic carbocycles. The van der Waals surface area contributed by atoms with Crippen molar-refractivity contribution in [3.05, 3.63) is 16.1 Å². The molecule has 1 aliphatic heterocycles. The van der Waals surface area contributed by atoms with Gasteiger partial charge >= 0.3 is 0 Å². The van der Waals surface area contributed by atoms with E-state index in [0.29, 0.717) is 24.1 Å². The van der Waals surface area contributed by atoms with Gasteiger partial charge in [0, 0.05) is 39.8 Å². The van der Waals surface area contributed by atoms with Gasteiger partial charge in [-0.2, -0.15) is 0 Å². The molecular weight excluding hydrogens is 453 g/mol. The van der Waals surface area contributed by atoms with Crippen molar-refractivity contribution in [2.45, 2.75) is 32.8 Å². The number of nitrogens with zero attached hydrogens (tertiary/aromatic N) is 3. The van der Waals surface area contributed by atoms with Crippen LogP contribution in [0.4, 0.5) is 0 Å². The van der Waals surface area contributed by atoms with Gasteiger partial charge in [-0.05, 0) is 26.7 Å². The number of hydrogen-bond acceptors (Lipinski definition) is 5. The van der Waals surface area contributed by atoms with Gasteiger partial charge in [0.25, 0.3) is 5.91 Å². The van der Waals surface area contributed by atoms with Crippen molar-refractivity contribution in [2.75, 3.05) is 39.8 Å². The number of amides is 1. The van der Waals surface area contributed by atoms with E-state index in [4.69, 9.17) is 4.74 Å². The Hall–Kier alpha value is -0.940. The average Bonchev–Trinajstić information content (AvgIpc) is 3.02. The summed E-state index contributed by atoms with van der Waals surface area (Å²) < 4.78 is 5.68. The highest BCUT2D eigenvalue weighted by Gasteiger charge is 2.21. The number of likely N-dealkylation sites (tertiary alicyclic amines) is 1. The van der Waals surface area contributed by atoms with E-state index in [1.165, 1.54) is 11.3 Å². The number of thiazole rings is 1. The van der Waals surface area contributed by atoms with Gasteiger partial charge in [0.1, 0.15) is 4.88 Å². The first kappa shape index (κ1) is 22.1. The second kappa shape index (κ2) is 11.6. The largest absolute Gasteiger partial charge is 0.378 e. The molecule has 2 rings (SSSR count). The van der Waals surface area contributed by atoms with Gasteiger partial charge < -0.3 is 20.3 Å². The molecule has 0 radical (unpaired) electrons. The number of aryl methyl sites for hydroxylation is 1. The molecule has 1 amide bonds. The number of aliphatic imine (C=N–C) groups is 1. The van der Waals surface area contributed by atoms with Crippen LogP contribution in [0.3, 0.4) is 0 Å². The van der Waals surface area contributed by atoms with Gasteiger partial charge in [-0.1, -0.05) is 0 Å². The van der Waals surface area contributed by atoms with Gasteiger partial charge in [-0.3, -0.25) is 9.79 Å². The summed E-state index contributed by atoms with van der Waals surface area (Å²) in [6, 6.07) is 0. The van der Waals surface area contributed by atoms with E-state index >= 15 is 0 Å². The SMILES string of the molecule is CCOC1CCN(C(=NC)NCCNC(=O)c2scnc2C)CC1.I. The molecule has 7 nitrogen and oxygen atoms in total. The van der Waals surface area contributed by atoms with E-state index in [2.05, 4.69) is 25.5 Å². The van der Waals surface area contributed by atoms with Gasteiger partial charge in [0.2, 0.25) is 0 Å². The van der Waals surface area contributed by atoms with Gasteiger partial charge in [-0.15, -0.1) is 35.3 Å². The topological polar surface area (TPSA) is 78.9 Å². The summed E-state index contributed by atoms with van der Waals surface area (Å²) in [6.07, 6.45) is 2.41. The van der Waals surface area contributed by atoms with Crippen LogP contribution in [0.25, 0.3) is 0 Å². The lowest BCUT2D eigenvalue weighted by Gasteiger charge is -2.34. The van der Waals surface area contributed by atoms with Crippen molar-refractivity contribution < 1.29 is 9.53 Å². The number of carbonyl (C=O) groups excluding carboxylic acids is 1. The Kier molecular flexibility index (Phi) is 10.3. The molecular formula is C16H28IN5O2S. The Morgan fingerprint density at radius 3 is 2.64 bits per heavy atom. The summed E-state index contributed by atoms with van der Waals surface area (Å²) in [7, 11) is 1.79. The third kappa shape index (κ3) is 6.70. The fourth-order valence-corrected chi connectivity index (χ4v) is 3.47. The third-order valence-electron chi connectivity index (χ3n) is 4.00. The number of ether oxygens (including phenoxy) is 1. The number of hydrogen-bond donors (Lipinski definition) is 2. The van der Waals surface area contributed by atoms with Crippen LogP contribution in [-0.2, 0) is 4.74 Å². The summed E-state index contributed by atoms with van der Waals surface area (Å²) in [6.45, 7) is 7.72. The molecule has 0 spiro atoms. The number of nitrogens with one attached hydrogen (secondary N) is 2. The molecule has 142 valence electrons. The van der Waals surface area contributed by atoms with Crippen LogP contribution in [0.1, 0.15) is 35.1 Å². The smallest absolute Gasteiger partial charge is 0.263 e. The summed E-state index contributed by atoms with van der Waals surface area (Å²) in [5, 5.41) is 6.22.